The Morgan fingerprint density at radius 2 is 1.72 bits per heavy atom. The van der Waals surface area contributed by atoms with E-state index in [1.54, 1.807) is 42.9 Å². The van der Waals surface area contributed by atoms with Crippen LogP contribution in [0.2, 0.25) is 0 Å². The molecule has 0 saturated heterocycles. The molecule has 0 radical (unpaired) electrons. The molecule has 1 aromatic heterocycles. The van der Waals surface area contributed by atoms with E-state index in [1.807, 2.05) is 18.2 Å². The molecule has 150 valence electrons. The number of para-hydroxylation sites is 1. The van der Waals surface area contributed by atoms with Gasteiger partial charge in [0.05, 0.1) is 17.8 Å². The predicted octanol–water partition coefficient (Wildman–Crippen LogP) is 1.91. The van der Waals surface area contributed by atoms with Crippen LogP contribution >= 0.6 is 0 Å². The maximum atomic E-state index is 12.8. The highest BCUT2D eigenvalue weighted by molar-refractivity contribution is 5.93. The van der Waals surface area contributed by atoms with Gasteiger partial charge in [-0.2, -0.15) is 0 Å². The summed E-state index contributed by atoms with van der Waals surface area (Å²) >= 11 is 0. The average Bonchev–Trinajstić information content (AvgIpc) is 2.92. The monoisotopic (exact) mass is 395 g/mol. The van der Waals surface area contributed by atoms with Crippen molar-refractivity contribution in [1.29, 1.82) is 0 Å². The number of hydrogen-bond acceptors (Lipinski definition) is 5. The van der Waals surface area contributed by atoms with Crippen LogP contribution in [-0.4, -0.2) is 33.0 Å². The third-order valence-electron chi connectivity index (χ3n) is 4.47. The van der Waals surface area contributed by atoms with Crippen LogP contribution in [0.1, 0.15) is 11.3 Å². The van der Waals surface area contributed by atoms with Gasteiger partial charge in [0, 0.05) is 7.05 Å². The van der Waals surface area contributed by atoms with E-state index in [9.17, 15) is 19.5 Å². The molecule has 0 bridgehead atoms. The van der Waals surface area contributed by atoms with Gasteiger partial charge in [-0.25, -0.2) is 4.68 Å². The maximum Gasteiger partial charge on any atom is 0.310 e. The summed E-state index contributed by atoms with van der Waals surface area (Å²) in [6.07, 6.45) is -0.0290. The highest BCUT2D eigenvalue weighted by Crippen LogP contribution is 2.14. The Morgan fingerprint density at radius 3 is 2.38 bits per heavy atom. The molecule has 3 aromatic rings. The van der Waals surface area contributed by atoms with Crippen molar-refractivity contribution in [3.05, 3.63) is 76.2 Å². The Hall–Kier alpha value is -3.81. The largest absolute Gasteiger partial charge is 0.508 e. The normalized spacial score (nSPS) is 10.6. The molecular formula is C21H21N3O5. The average molecular weight is 395 g/mol. The van der Waals surface area contributed by atoms with Gasteiger partial charge < -0.3 is 15.2 Å². The van der Waals surface area contributed by atoms with E-state index in [2.05, 4.69) is 5.32 Å². The van der Waals surface area contributed by atoms with Crippen molar-refractivity contribution in [2.75, 3.05) is 11.9 Å². The summed E-state index contributed by atoms with van der Waals surface area (Å²) < 4.78 is 8.07. The van der Waals surface area contributed by atoms with Gasteiger partial charge in [0.1, 0.15) is 11.4 Å². The summed E-state index contributed by atoms with van der Waals surface area (Å²) in [5.74, 6) is -1.09. The Morgan fingerprint density at radius 1 is 1.07 bits per heavy atom. The van der Waals surface area contributed by atoms with Gasteiger partial charge >= 0.3 is 5.97 Å². The molecule has 0 unspecified atom stereocenters. The number of hydrogen-bond donors (Lipinski definition) is 2. The highest BCUT2D eigenvalue weighted by atomic mass is 16.5. The minimum absolute atomic E-state index is 0.0290. The molecule has 1 heterocycles. The Balaban J connectivity index is 1.64. The van der Waals surface area contributed by atoms with Crippen molar-refractivity contribution in [3.8, 4) is 11.4 Å². The van der Waals surface area contributed by atoms with Gasteiger partial charge in [-0.1, -0.05) is 30.3 Å². The maximum absolute atomic E-state index is 12.8. The number of benzene rings is 2. The van der Waals surface area contributed by atoms with E-state index in [4.69, 9.17) is 4.74 Å². The van der Waals surface area contributed by atoms with E-state index in [-0.39, 0.29) is 23.4 Å². The number of phenolic OH excluding ortho intramolecular Hbond substituents is 1. The van der Waals surface area contributed by atoms with Crippen LogP contribution in [0.4, 0.5) is 5.69 Å². The molecule has 8 heteroatoms. The van der Waals surface area contributed by atoms with Crippen LogP contribution in [0, 0.1) is 6.92 Å². The second kappa shape index (κ2) is 8.47. The van der Waals surface area contributed by atoms with E-state index in [0.717, 1.165) is 0 Å². The first-order valence-electron chi connectivity index (χ1n) is 8.94. The predicted molar refractivity (Wildman–Crippen MR) is 107 cm³/mol. The second-order valence-corrected chi connectivity index (χ2v) is 6.49. The number of phenols is 1. The Kier molecular flexibility index (Phi) is 5.82. The lowest BCUT2D eigenvalue weighted by molar-refractivity contribution is -0.146. The summed E-state index contributed by atoms with van der Waals surface area (Å²) in [4.78, 5) is 36.8. The fraction of sp³-hybridized carbons (Fsp3) is 0.190. The van der Waals surface area contributed by atoms with Crippen LogP contribution in [0.5, 0.6) is 5.75 Å². The van der Waals surface area contributed by atoms with Gasteiger partial charge in [-0.3, -0.25) is 19.1 Å². The van der Waals surface area contributed by atoms with Crippen molar-refractivity contribution in [2.24, 2.45) is 7.05 Å². The van der Waals surface area contributed by atoms with E-state index in [1.165, 1.54) is 16.8 Å². The fourth-order valence-corrected chi connectivity index (χ4v) is 2.87. The van der Waals surface area contributed by atoms with Gasteiger partial charge in [0.25, 0.3) is 11.5 Å². The number of esters is 1. The number of nitrogens with one attached hydrogen (secondary N) is 1. The first-order chi connectivity index (χ1) is 13.9. The summed E-state index contributed by atoms with van der Waals surface area (Å²) in [5.41, 5.74) is 1.65. The third-order valence-corrected chi connectivity index (χ3v) is 4.47. The smallest absolute Gasteiger partial charge is 0.310 e. The zero-order valence-electron chi connectivity index (χ0n) is 16.1. The van der Waals surface area contributed by atoms with Crippen molar-refractivity contribution in [2.45, 2.75) is 13.3 Å². The van der Waals surface area contributed by atoms with Crippen molar-refractivity contribution in [1.82, 2.24) is 9.36 Å². The quantitative estimate of drug-likeness (QED) is 0.621. The molecule has 0 saturated carbocycles. The lowest BCUT2D eigenvalue weighted by Gasteiger charge is -2.07. The summed E-state index contributed by atoms with van der Waals surface area (Å²) in [6, 6.07) is 15.2. The third kappa shape index (κ3) is 4.55. The molecule has 2 N–H and O–H groups in total. The molecular weight excluding hydrogens is 374 g/mol. The zero-order valence-corrected chi connectivity index (χ0v) is 16.1. The Labute approximate surface area is 166 Å². The van der Waals surface area contributed by atoms with E-state index >= 15 is 0 Å². The van der Waals surface area contributed by atoms with Crippen LogP contribution < -0.4 is 10.9 Å². The SMILES string of the molecule is Cc1c(NC(=O)COC(=O)Cc2ccc(O)cc2)c(=O)n(-c2ccccc2)n1C. The molecule has 0 aliphatic heterocycles. The van der Waals surface area contributed by atoms with Crippen LogP contribution in [-0.2, 0) is 27.8 Å². The van der Waals surface area contributed by atoms with Crippen molar-refractivity contribution >= 4 is 17.6 Å². The summed E-state index contributed by atoms with van der Waals surface area (Å²) in [6.45, 7) is 1.21. The lowest BCUT2D eigenvalue weighted by Crippen LogP contribution is -2.26. The molecule has 29 heavy (non-hydrogen) atoms. The highest BCUT2D eigenvalue weighted by Gasteiger charge is 2.18. The molecule has 3 rings (SSSR count). The number of rotatable bonds is 6. The summed E-state index contributed by atoms with van der Waals surface area (Å²) in [7, 11) is 1.72. The molecule has 2 aromatic carbocycles. The fourth-order valence-electron chi connectivity index (χ4n) is 2.87. The molecule has 8 nitrogen and oxygen atoms in total. The molecule has 0 spiro atoms. The standard InChI is InChI=1S/C21H21N3O5/c1-14-20(21(28)24(23(14)2)16-6-4-3-5-7-16)22-18(26)13-29-19(27)12-15-8-10-17(25)11-9-15/h3-11,25H,12-13H2,1-2H3,(H,22,26). The molecule has 0 atom stereocenters. The van der Waals surface area contributed by atoms with Crippen LogP contribution in [0.25, 0.3) is 5.69 Å². The number of anilines is 1. The lowest BCUT2D eigenvalue weighted by atomic mass is 10.1. The van der Waals surface area contributed by atoms with Gasteiger partial charge in [-0.15, -0.1) is 0 Å². The minimum atomic E-state index is -0.602. The topological polar surface area (TPSA) is 103 Å². The molecule has 1 amide bonds. The molecule has 0 aliphatic carbocycles. The number of amides is 1. The Bertz CT molecular complexity index is 1080. The van der Waals surface area contributed by atoms with E-state index < -0.39 is 18.5 Å². The van der Waals surface area contributed by atoms with Crippen LogP contribution in [0.3, 0.4) is 0 Å². The first kappa shape index (κ1) is 19.9. The number of nitrogens with zero attached hydrogens (tertiary/aromatic N) is 2. The zero-order chi connectivity index (χ0) is 21.0. The summed E-state index contributed by atoms with van der Waals surface area (Å²) in [5, 5.41) is 11.8. The number of carbonyl (C=O) groups is 2. The van der Waals surface area contributed by atoms with Crippen LogP contribution in [0.15, 0.2) is 59.4 Å². The van der Waals surface area contributed by atoms with Crippen molar-refractivity contribution in [3.63, 3.8) is 0 Å². The minimum Gasteiger partial charge on any atom is -0.508 e. The van der Waals surface area contributed by atoms with Gasteiger partial charge in [0.2, 0.25) is 0 Å². The number of ether oxygens (including phenoxy) is 1. The number of aromatic nitrogens is 2. The van der Waals surface area contributed by atoms with Gasteiger partial charge in [-0.05, 0) is 36.8 Å². The molecule has 0 aliphatic rings. The first-order valence-corrected chi connectivity index (χ1v) is 8.94. The van der Waals surface area contributed by atoms with Gasteiger partial charge in [0.15, 0.2) is 6.61 Å². The second-order valence-electron chi connectivity index (χ2n) is 6.49. The number of carbonyl (C=O) groups excluding carboxylic acids is 2. The molecule has 0 fully saturated rings. The number of aromatic hydroxyl groups is 1. The van der Waals surface area contributed by atoms with Crippen molar-refractivity contribution < 1.29 is 19.4 Å². The van der Waals surface area contributed by atoms with E-state index in [0.29, 0.717) is 16.9 Å².